The van der Waals surface area contributed by atoms with Crippen LogP contribution in [0.3, 0.4) is 0 Å². The Labute approximate surface area is 128 Å². The minimum Gasteiger partial charge on any atom is -0.508 e. The molecule has 6 heteroatoms. The zero-order chi connectivity index (χ0) is 16.1. The Hall–Kier alpha value is -3.02. The quantitative estimate of drug-likeness (QED) is 0.751. The molecule has 0 atom stereocenters. The number of hydrazine groups is 1. The highest BCUT2D eigenvalue weighted by Gasteiger charge is 2.10. The largest absolute Gasteiger partial charge is 0.508 e. The van der Waals surface area contributed by atoms with Crippen molar-refractivity contribution in [1.82, 2.24) is 10.9 Å². The average molecular weight is 299 g/mol. The van der Waals surface area contributed by atoms with Gasteiger partial charge in [0.1, 0.15) is 5.75 Å². The highest BCUT2D eigenvalue weighted by molar-refractivity contribution is 5.99. The van der Waals surface area contributed by atoms with Crippen molar-refractivity contribution >= 4 is 17.5 Å². The van der Waals surface area contributed by atoms with Crippen LogP contribution in [-0.4, -0.2) is 31.0 Å². The molecule has 22 heavy (non-hydrogen) atoms. The molecule has 114 valence electrons. The first-order valence-electron chi connectivity index (χ1n) is 6.64. The number of anilines is 1. The summed E-state index contributed by atoms with van der Waals surface area (Å²) in [5.41, 5.74) is 6.22. The second-order valence-corrected chi connectivity index (χ2v) is 4.90. The molecule has 0 heterocycles. The van der Waals surface area contributed by atoms with E-state index in [1.807, 2.05) is 25.1 Å². The Bertz CT molecular complexity index is 699. The van der Waals surface area contributed by atoms with Gasteiger partial charge in [-0.1, -0.05) is 12.1 Å². The van der Waals surface area contributed by atoms with Crippen molar-refractivity contribution in [2.75, 3.05) is 19.0 Å². The number of nitrogens with one attached hydrogen (secondary N) is 2. The second kappa shape index (κ2) is 6.62. The summed E-state index contributed by atoms with van der Waals surface area (Å²) >= 11 is 0. The van der Waals surface area contributed by atoms with Crippen LogP contribution in [0.5, 0.6) is 5.75 Å². The monoisotopic (exact) mass is 299 g/mol. The molecule has 0 radical (unpaired) electrons. The molecule has 0 aromatic heterocycles. The molecule has 2 rings (SSSR count). The van der Waals surface area contributed by atoms with Crippen LogP contribution in [0.2, 0.25) is 0 Å². The van der Waals surface area contributed by atoms with Gasteiger partial charge < -0.3 is 10.0 Å². The number of nitrogens with zero attached hydrogens (tertiary/aromatic N) is 1. The summed E-state index contributed by atoms with van der Waals surface area (Å²) in [6.07, 6.45) is 0. The van der Waals surface area contributed by atoms with Gasteiger partial charge in [-0.15, -0.1) is 0 Å². The van der Waals surface area contributed by atoms with Crippen LogP contribution in [0.1, 0.15) is 20.7 Å². The van der Waals surface area contributed by atoms with Crippen molar-refractivity contribution in [3.63, 3.8) is 0 Å². The zero-order valence-corrected chi connectivity index (χ0v) is 12.3. The Balaban J connectivity index is 2.01. The first kappa shape index (κ1) is 15.4. The Morgan fingerprint density at radius 3 is 2.00 bits per heavy atom. The predicted molar refractivity (Wildman–Crippen MR) is 83.8 cm³/mol. The van der Waals surface area contributed by atoms with Crippen molar-refractivity contribution in [1.29, 1.82) is 0 Å². The third kappa shape index (κ3) is 3.76. The van der Waals surface area contributed by atoms with Gasteiger partial charge >= 0.3 is 0 Å². The molecular weight excluding hydrogens is 282 g/mol. The maximum Gasteiger partial charge on any atom is 0.269 e. The topological polar surface area (TPSA) is 81.7 Å². The molecular formula is C16H17N3O3. The van der Waals surface area contributed by atoms with Crippen LogP contribution < -0.4 is 15.8 Å². The zero-order valence-electron chi connectivity index (χ0n) is 12.3. The van der Waals surface area contributed by atoms with E-state index in [-0.39, 0.29) is 11.3 Å². The lowest BCUT2D eigenvalue weighted by Crippen LogP contribution is -2.41. The van der Waals surface area contributed by atoms with Gasteiger partial charge in [0.15, 0.2) is 0 Å². The van der Waals surface area contributed by atoms with Gasteiger partial charge in [-0.2, -0.15) is 0 Å². The summed E-state index contributed by atoms with van der Waals surface area (Å²) in [5.74, 6) is -0.942. The number of phenols is 1. The number of hydrogen-bond donors (Lipinski definition) is 3. The van der Waals surface area contributed by atoms with Crippen LogP contribution in [-0.2, 0) is 0 Å². The average Bonchev–Trinajstić information content (AvgIpc) is 2.52. The minimum absolute atomic E-state index is 0.0161. The molecule has 0 saturated heterocycles. The lowest BCUT2D eigenvalue weighted by molar-refractivity contribution is 0.0846. The van der Waals surface area contributed by atoms with Crippen molar-refractivity contribution < 1.29 is 14.7 Å². The SMILES string of the molecule is CN(C)c1cccc(C(=O)NNC(=O)c2cccc(O)c2)c1. The Kier molecular flexibility index (Phi) is 4.63. The Morgan fingerprint density at radius 2 is 1.45 bits per heavy atom. The molecule has 0 aliphatic heterocycles. The van der Waals surface area contributed by atoms with Gasteiger partial charge in [-0.25, -0.2) is 0 Å². The summed E-state index contributed by atoms with van der Waals surface area (Å²) in [6, 6.07) is 12.9. The summed E-state index contributed by atoms with van der Waals surface area (Å²) in [7, 11) is 3.75. The number of aromatic hydroxyl groups is 1. The van der Waals surface area contributed by atoms with Crippen LogP contribution in [0.25, 0.3) is 0 Å². The van der Waals surface area contributed by atoms with Gasteiger partial charge in [-0.3, -0.25) is 20.4 Å². The van der Waals surface area contributed by atoms with Gasteiger partial charge in [0.25, 0.3) is 11.8 Å². The van der Waals surface area contributed by atoms with Gasteiger partial charge in [0.05, 0.1) is 0 Å². The van der Waals surface area contributed by atoms with E-state index in [0.29, 0.717) is 5.56 Å². The molecule has 0 spiro atoms. The fourth-order valence-electron chi connectivity index (χ4n) is 1.83. The number of hydrogen-bond acceptors (Lipinski definition) is 4. The molecule has 0 bridgehead atoms. The second-order valence-electron chi connectivity index (χ2n) is 4.90. The van der Waals surface area contributed by atoms with Crippen LogP contribution in [0, 0.1) is 0 Å². The molecule has 2 amide bonds. The van der Waals surface area contributed by atoms with Gasteiger partial charge in [0, 0.05) is 30.9 Å². The first-order valence-corrected chi connectivity index (χ1v) is 6.64. The summed E-state index contributed by atoms with van der Waals surface area (Å²) in [4.78, 5) is 25.8. The van der Waals surface area contributed by atoms with Crippen molar-refractivity contribution in [2.45, 2.75) is 0 Å². The van der Waals surface area contributed by atoms with Crippen LogP contribution >= 0.6 is 0 Å². The maximum atomic E-state index is 12.0. The highest BCUT2D eigenvalue weighted by atomic mass is 16.3. The van der Waals surface area contributed by atoms with E-state index in [2.05, 4.69) is 10.9 Å². The molecule has 0 saturated carbocycles. The van der Waals surface area contributed by atoms with Crippen LogP contribution in [0.15, 0.2) is 48.5 Å². The number of amides is 2. The third-order valence-corrected chi connectivity index (χ3v) is 3.02. The fourth-order valence-corrected chi connectivity index (χ4v) is 1.83. The fraction of sp³-hybridized carbons (Fsp3) is 0.125. The number of rotatable bonds is 3. The molecule has 6 nitrogen and oxygen atoms in total. The first-order chi connectivity index (χ1) is 10.5. The lowest BCUT2D eigenvalue weighted by Gasteiger charge is -2.13. The Morgan fingerprint density at radius 1 is 0.909 bits per heavy atom. The number of carbonyl (C=O) groups is 2. The molecule has 0 aliphatic carbocycles. The predicted octanol–water partition coefficient (Wildman–Crippen LogP) is 1.53. The number of phenolic OH excluding ortho intramolecular Hbond substituents is 1. The van der Waals surface area contributed by atoms with Gasteiger partial charge in [-0.05, 0) is 36.4 Å². The van der Waals surface area contributed by atoms with Crippen molar-refractivity contribution in [3.8, 4) is 5.75 Å². The maximum absolute atomic E-state index is 12.0. The summed E-state index contributed by atoms with van der Waals surface area (Å²) < 4.78 is 0. The van der Waals surface area contributed by atoms with E-state index >= 15 is 0 Å². The molecule has 0 fully saturated rings. The van der Waals surface area contributed by atoms with E-state index in [1.54, 1.807) is 24.3 Å². The smallest absolute Gasteiger partial charge is 0.269 e. The molecule has 0 aliphatic rings. The van der Waals surface area contributed by atoms with E-state index in [4.69, 9.17) is 0 Å². The van der Waals surface area contributed by atoms with E-state index in [1.165, 1.54) is 18.2 Å². The van der Waals surface area contributed by atoms with Crippen molar-refractivity contribution in [3.05, 3.63) is 59.7 Å². The lowest BCUT2D eigenvalue weighted by atomic mass is 10.2. The van der Waals surface area contributed by atoms with Gasteiger partial charge in [0.2, 0.25) is 0 Å². The molecule has 2 aromatic carbocycles. The summed E-state index contributed by atoms with van der Waals surface area (Å²) in [5, 5.41) is 9.33. The molecule has 3 N–H and O–H groups in total. The van der Waals surface area contributed by atoms with E-state index < -0.39 is 11.8 Å². The summed E-state index contributed by atoms with van der Waals surface area (Å²) in [6.45, 7) is 0. The standard InChI is InChI=1S/C16H17N3O3/c1-19(2)13-7-3-5-11(9-13)15(21)17-18-16(22)12-6-4-8-14(20)10-12/h3-10,20H,1-2H3,(H,17,21)(H,18,22). The van der Waals surface area contributed by atoms with E-state index in [9.17, 15) is 14.7 Å². The number of carbonyl (C=O) groups excluding carboxylic acids is 2. The van der Waals surface area contributed by atoms with E-state index in [0.717, 1.165) is 5.69 Å². The highest BCUT2D eigenvalue weighted by Crippen LogP contribution is 2.13. The number of benzene rings is 2. The molecule has 2 aromatic rings. The third-order valence-electron chi connectivity index (χ3n) is 3.02. The van der Waals surface area contributed by atoms with Crippen molar-refractivity contribution in [2.24, 2.45) is 0 Å². The van der Waals surface area contributed by atoms with Crippen LogP contribution in [0.4, 0.5) is 5.69 Å². The normalized spacial score (nSPS) is 9.91. The minimum atomic E-state index is -0.506. The molecule has 0 unspecified atom stereocenters.